The Morgan fingerprint density at radius 1 is 0.298 bits per heavy atom. The van der Waals surface area contributed by atoms with Gasteiger partial charge in [0.15, 0.2) is 22.7 Å². The van der Waals surface area contributed by atoms with Gasteiger partial charge in [-0.25, -0.2) is 9.80 Å². The number of anilines is 6. The molecule has 4 aliphatic heterocycles. The quantitative estimate of drug-likeness (QED) is 0.156. The molecule has 0 unspecified atom stereocenters. The first-order valence-corrected chi connectivity index (χ1v) is 28.4. The summed E-state index contributed by atoms with van der Waals surface area (Å²) in [5, 5.41) is 24.1. The Morgan fingerprint density at radius 3 is 1.11 bits per heavy atom. The maximum atomic E-state index is 5.51. The monoisotopic (exact) mass is 1090 g/mol. The van der Waals surface area contributed by atoms with Crippen molar-refractivity contribution in [2.24, 2.45) is 20.5 Å². The van der Waals surface area contributed by atoms with Gasteiger partial charge in [0.05, 0.1) is 34.1 Å². The van der Waals surface area contributed by atoms with Crippen LogP contribution in [0.1, 0.15) is 22.3 Å². The molecule has 0 amide bonds. The molecular formula is C72H62N12+4. The summed E-state index contributed by atoms with van der Waals surface area (Å²) >= 11 is 0. The van der Waals surface area contributed by atoms with Gasteiger partial charge in [0.1, 0.15) is 0 Å². The second-order valence-corrected chi connectivity index (χ2v) is 21.8. The summed E-state index contributed by atoms with van der Waals surface area (Å²) < 4.78 is 8.49. The van der Waals surface area contributed by atoms with Gasteiger partial charge >= 0.3 is 11.8 Å². The lowest BCUT2D eigenvalue weighted by Crippen LogP contribution is -2.71. The van der Waals surface area contributed by atoms with Crippen molar-refractivity contribution in [3.8, 4) is 0 Å². The minimum atomic E-state index is -1.09. The highest BCUT2D eigenvalue weighted by Crippen LogP contribution is 2.57. The standard InChI is InChI=1S/C38H32N6.C34H30N6/c1-27-23-28(2)37-35(24-27)40-44(33-21-11-6-12-22-33)38(41(37)3)42(31-17-7-4-8-18-31)36-26-30-16-14-13-15-29(30)25-34(36)39-43(38)32-19-9-5-10-20-32;1-25-19-21-32-30(23-25)35-39(28-15-9-5-10-16-28)34(37(32)3)38(27-13-7-4-8-14-27)33-22-20-26(2)24-31(33)36-40(34)29-17-11-6-12-18-29/h4-26H,1-3H3;4-24H,1-3H3/q2*+2/t38-;34-/m10/s1. The first-order valence-electron chi connectivity index (χ1n) is 28.4. The molecule has 0 fully saturated rings. The minimum absolute atomic E-state index is 0.884. The summed E-state index contributed by atoms with van der Waals surface area (Å²) in [6.07, 6.45) is 0. The Hall–Kier alpha value is -10.7. The number of benzene rings is 11. The average molecular weight is 1100 g/mol. The Morgan fingerprint density at radius 2 is 0.643 bits per heavy atom. The highest BCUT2D eigenvalue weighted by atomic mass is 15.8. The lowest BCUT2D eigenvalue weighted by molar-refractivity contribution is -0.814. The summed E-state index contributed by atoms with van der Waals surface area (Å²) in [5.74, 6) is -2.14. The number of aryl methyl sites for hydroxylation is 4. The van der Waals surface area contributed by atoms with Crippen molar-refractivity contribution in [2.45, 2.75) is 39.5 Å². The van der Waals surface area contributed by atoms with Gasteiger partial charge < -0.3 is 0 Å². The zero-order valence-corrected chi connectivity index (χ0v) is 47.8. The minimum Gasteiger partial charge on any atom is -0.227 e. The Kier molecular flexibility index (Phi) is 12.7. The molecule has 4 heterocycles. The number of hydrogen-bond donors (Lipinski definition) is 0. The zero-order chi connectivity index (χ0) is 57.1. The van der Waals surface area contributed by atoms with Crippen LogP contribution in [0.25, 0.3) is 10.8 Å². The molecule has 0 aliphatic carbocycles. The van der Waals surface area contributed by atoms with Gasteiger partial charge in [0, 0.05) is 102 Å². The molecule has 406 valence electrons. The van der Waals surface area contributed by atoms with E-state index in [1.807, 2.05) is 24.3 Å². The van der Waals surface area contributed by atoms with Crippen molar-refractivity contribution in [1.29, 1.82) is 0 Å². The SMILES string of the molecule is Cc1cc(C)c2c(c1)N=[N+](c1ccccc1)[C@]1(N2C)N(c2ccccc2)c2cc3ccccc3cc2N=[N+]1c1ccccc1.Cc1ccc2c(c1)N=[N+](c1ccccc1)[C@]1(N2C)N(c2ccccc2)c2ccc(C)cc2N=[N+]1c1ccccc1. The van der Waals surface area contributed by atoms with Crippen LogP contribution < -0.4 is 19.6 Å². The number of fused-ring (bicyclic) bond motifs is 5. The molecular weight excluding hydrogens is 1030 g/mol. The van der Waals surface area contributed by atoms with Crippen LogP contribution in [-0.4, -0.2) is 44.7 Å². The van der Waals surface area contributed by atoms with Gasteiger partial charge in [-0.15, -0.1) is 0 Å². The molecule has 15 rings (SSSR count). The Balaban J connectivity index is 0.000000150. The average Bonchev–Trinajstić information content (AvgIpc) is 0.833. The van der Waals surface area contributed by atoms with E-state index in [9.17, 15) is 0 Å². The number of azo groups is 8. The fourth-order valence-corrected chi connectivity index (χ4v) is 12.6. The van der Waals surface area contributed by atoms with Crippen LogP contribution in [0.15, 0.2) is 287 Å². The van der Waals surface area contributed by atoms with E-state index in [0.29, 0.717) is 0 Å². The van der Waals surface area contributed by atoms with Crippen molar-refractivity contribution in [2.75, 3.05) is 33.7 Å². The molecule has 11 aromatic rings. The lowest BCUT2D eigenvalue weighted by Gasteiger charge is -2.43. The lowest BCUT2D eigenvalue weighted by atomic mass is 10.0. The van der Waals surface area contributed by atoms with Crippen LogP contribution in [0.2, 0.25) is 0 Å². The summed E-state index contributed by atoms with van der Waals surface area (Å²) in [5.41, 5.74) is 18.2. The first-order chi connectivity index (χ1) is 41.1. The van der Waals surface area contributed by atoms with E-state index in [4.69, 9.17) is 20.5 Å². The van der Waals surface area contributed by atoms with Gasteiger partial charge in [-0.2, -0.15) is 9.80 Å². The molecule has 0 saturated heterocycles. The molecule has 12 nitrogen and oxygen atoms in total. The summed E-state index contributed by atoms with van der Waals surface area (Å²) in [6.45, 7) is 8.51. The van der Waals surface area contributed by atoms with Gasteiger partial charge in [0.25, 0.3) is 0 Å². The Bertz CT molecular complexity index is 4400. The van der Waals surface area contributed by atoms with E-state index in [-0.39, 0.29) is 0 Å². The molecule has 2 spiro atoms. The molecule has 84 heavy (non-hydrogen) atoms. The highest BCUT2D eigenvalue weighted by Gasteiger charge is 2.74. The predicted octanol–water partition coefficient (Wildman–Crippen LogP) is 19.3. The number of nitrogens with zero attached hydrogens (tertiary/aromatic N) is 12. The van der Waals surface area contributed by atoms with Gasteiger partial charge in [0.2, 0.25) is 22.7 Å². The molecule has 4 aliphatic rings. The van der Waals surface area contributed by atoms with Crippen LogP contribution in [0.5, 0.6) is 0 Å². The van der Waals surface area contributed by atoms with E-state index in [0.717, 1.165) is 107 Å². The van der Waals surface area contributed by atoms with E-state index in [1.165, 1.54) is 5.56 Å². The van der Waals surface area contributed by atoms with Gasteiger partial charge in [-0.3, -0.25) is 0 Å². The maximum Gasteiger partial charge on any atom is 0.595 e. The molecule has 0 radical (unpaired) electrons. The van der Waals surface area contributed by atoms with Crippen LogP contribution >= 0.6 is 0 Å². The highest BCUT2D eigenvalue weighted by molar-refractivity contribution is 5.94. The van der Waals surface area contributed by atoms with Crippen molar-refractivity contribution in [1.82, 2.24) is 0 Å². The van der Waals surface area contributed by atoms with Crippen molar-refractivity contribution in [3.05, 3.63) is 289 Å². The van der Waals surface area contributed by atoms with Gasteiger partial charge in [-0.1, -0.05) is 152 Å². The fraction of sp³-hybridized carbons (Fsp3) is 0.111. The largest absolute Gasteiger partial charge is 0.595 e. The van der Waals surface area contributed by atoms with Crippen LogP contribution in [0.4, 0.5) is 79.6 Å². The predicted molar refractivity (Wildman–Crippen MR) is 335 cm³/mol. The van der Waals surface area contributed by atoms with E-state index in [1.54, 1.807) is 0 Å². The molecule has 0 saturated carbocycles. The van der Waals surface area contributed by atoms with Crippen molar-refractivity contribution < 1.29 is 18.8 Å². The third-order valence-electron chi connectivity index (χ3n) is 16.2. The van der Waals surface area contributed by atoms with E-state index in [2.05, 4.69) is 323 Å². The number of hydrogen-bond acceptors (Lipinski definition) is 8. The van der Waals surface area contributed by atoms with Gasteiger partial charge in [-0.05, 0) is 127 Å². The molecule has 0 N–H and O–H groups in total. The zero-order valence-electron chi connectivity index (χ0n) is 47.8. The Labute approximate surface area is 489 Å². The fourth-order valence-electron chi connectivity index (χ4n) is 12.6. The summed E-state index contributed by atoms with van der Waals surface area (Å²) in [7, 11) is 4.30. The molecule has 0 aromatic heterocycles. The second-order valence-electron chi connectivity index (χ2n) is 21.8. The number of para-hydroxylation sites is 6. The second kappa shape index (κ2) is 20.7. The van der Waals surface area contributed by atoms with Crippen LogP contribution in [0, 0.1) is 27.7 Å². The van der Waals surface area contributed by atoms with Crippen molar-refractivity contribution >= 4 is 90.4 Å². The van der Waals surface area contributed by atoms with E-state index >= 15 is 0 Å². The summed E-state index contributed by atoms with van der Waals surface area (Å²) in [6, 6.07) is 93.0. The summed E-state index contributed by atoms with van der Waals surface area (Å²) in [4.78, 5) is 9.40. The molecule has 11 aromatic carbocycles. The van der Waals surface area contributed by atoms with Crippen LogP contribution in [-0.2, 0) is 0 Å². The van der Waals surface area contributed by atoms with Crippen LogP contribution in [0.3, 0.4) is 0 Å². The number of rotatable bonds is 6. The van der Waals surface area contributed by atoms with Crippen molar-refractivity contribution in [3.63, 3.8) is 0 Å². The third-order valence-corrected chi connectivity index (χ3v) is 16.2. The van der Waals surface area contributed by atoms with E-state index < -0.39 is 11.8 Å². The molecule has 0 bridgehead atoms. The third kappa shape index (κ3) is 8.27. The molecule has 12 heteroatoms. The normalized spacial score (nSPS) is 17.5. The smallest absolute Gasteiger partial charge is 0.227 e. The topological polar surface area (TPSA) is 74.4 Å². The first kappa shape index (κ1) is 51.4. The maximum absolute atomic E-state index is 5.51. The molecule has 2 atom stereocenters.